The lowest BCUT2D eigenvalue weighted by molar-refractivity contribution is -0.385. The number of aromatic nitrogens is 3. The summed E-state index contributed by atoms with van der Waals surface area (Å²) in [5.41, 5.74) is 3.50. The summed E-state index contributed by atoms with van der Waals surface area (Å²) >= 11 is 0. The normalized spacial score (nSPS) is 11.8. The van der Waals surface area contributed by atoms with Crippen molar-refractivity contribution in [2.45, 2.75) is 18.7 Å². The predicted octanol–water partition coefficient (Wildman–Crippen LogP) is 3.23. The molecule has 10 nitrogen and oxygen atoms in total. The van der Waals surface area contributed by atoms with Gasteiger partial charge in [-0.05, 0) is 60.4 Å². The zero-order chi connectivity index (χ0) is 22.9. The Bertz CT molecular complexity index is 1440. The molecule has 0 aliphatic heterocycles. The SMILES string of the molecule is Cc1cc([N+](=O)[O-])cc(C)c1S(=O)(=O)NN=Cc1cnc2ccc(-c3ccncc3)cn12. The van der Waals surface area contributed by atoms with Crippen molar-refractivity contribution in [2.75, 3.05) is 0 Å². The number of nitrogens with zero attached hydrogens (tertiary/aromatic N) is 5. The summed E-state index contributed by atoms with van der Waals surface area (Å²) in [4.78, 5) is 20.9. The van der Waals surface area contributed by atoms with E-state index in [0.717, 1.165) is 11.1 Å². The monoisotopic (exact) mass is 450 g/mol. The van der Waals surface area contributed by atoms with Crippen LogP contribution in [0.25, 0.3) is 16.8 Å². The van der Waals surface area contributed by atoms with E-state index in [1.165, 1.54) is 32.2 Å². The lowest BCUT2D eigenvalue weighted by atomic mass is 10.1. The Morgan fingerprint density at radius 2 is 1.78 bits per heavy atom. The molecule has 1 N–H and O–H groups in total. The zero-order valence-electron chi connectivity index (χ0n) is 17.1. The summed E-state index contributed by atoms with van der Waals surface area (Å²) in [6.07, 6.45) is 8.20. The van der Waals surface area contributed by atoms with Crippen molar-refractivity contribution < 1.29 is 13.3 Å². The van der Waals surface area contributed by atoms with Gasteiger partial charge in [-0.1, -0.05) is 0 Å². The molecule has 0 aliphatic carbocycles. The number of hydrogen-bond donors (Lipinski definition) is 1. The van der Waals surface area contributed by atoms with E-state index in [4.69, 9.17) is 0 Å². The Labute approximate surface area is 183 Å². The van der Waals surface area contributed by atoms with Gasteiger partial charge in [-0.15, -0.1) is 0 Å². The number of sulfonamides is 1. The molecule has 4 rings (SSSR count). The van der Waals surface area contributed by atoms with E-state index in [1.54, 1.807) is 23.0 Å². The lowest BCUT2D eigenvalue weighted by Crippen LogP contribution is -2.20. The summed E-state index contributed by atoms with van der Waals surface area (Å²) in [7, 11) is -4.03. The molecule has 3 aromatic heterocycles. The van der Waals surface area contributed by atoms with Crippen molar-refractivity contribution in [1.29, 1.82) is 0 Å². The third-order valence-electron chi connectivity index (χ3n) is 4.84. The molecule has 3 heterocycles. The quantitative estimate of drug-likeness (QED) is 0.272. The predicted molar refractivity (Wildman–Crippen MR) is 119 cm³/mol. The standard InChI is InChI=1S/C21H18N6O4S/c1-14-9-18(27(28)29)10-15(2)21(14)32(30,31)25-24-12-19-11-23-20-4-3-17(13-26(19)20)16-5-7-22-8-6-16/h3-13,25H,1-2H3. The minimum absolute atomic E-state index is 0.0432. The molecule has 4 aromatic rings. The highest BCUT2D eigenvalue weighted by atomic mass is 32.2. The van der Waals surface area contributed by atoms with Crippen LogP contribution in [0.5, 0.6) is 0 Å². The molecule has 162 valence electrons. The van der Waals surface area contributed by atoms with Gasteiger partial charge in [-0.2, -0.15) is 18.4 Å². The molecule has 0 saturated carbocycles. The first-order valence-electron chi connectivity index (χ1n) is 9.44. The minimum atomic E-state index is -4.03. The summed E-state index contributed by atoms with van der Waals surface area (Å²) in [5, 5.41) is 14.9. The van der Waals surface area contributed by atoms with Crippen molar-refractivity contribution in [3.63, 3.8) is 0 Å². The largest absolute Gasteiger partial charge is 0.298 e. The maximum absolute atomic E-state index is 12.8. The Morgan fingerprint density at radius 3 is 2.44 bits per heavy atom. The molecule has 0 amide bonds. The number of nitrogens with one attached hydrogen (secondary N) is 1. The fourth-order valence-electron chi connectivity index (χ4n) is 3.47. The van der Waals surface area contributed by atoms with E-state index in [1.807, 2.05) is 30.5 Å². The second-order valence-electron chi connectivity index (χ2n) is 7.08. The van der Waals surface area contributed by atoms with Crippen LogP contribution in [-0.4, -0.2) is 33.9 Å². The van der Waals surface area contributed by atoms with Crippen molar-refractivity contribution in [1.82, 2.24) is 19.2 Å². The number of benzene rings is 1. The van der Waals surface area contributed by atoms with Gasteiger partial charge >= 0.3 is 0 Å². The van der Waals surface area contributed by atoms with Gasteiger partial charge in [-0.3, -0.25) is 19.5 Å². The van der Waals surface area contributed by atoms with E-state index in [-0.39, 0.29) is 21.7 Å². The van der Waals surface area contributed by atoms with Gasteiger partial charge in [0.2, 0.25) is 0 Å². The average Bonchev–Trinajstić information content (AvgIpc) is 3.15. The first kappa shape index (κ1) is 21.1. The summed E-state index contributed by atoms with van der Waals surface area (Å²) in [6.45, 7) is 3.01. The van der Waals surface area contributed by atoms with Gasteiger partial charge in [0.25, 0.3) is 15.7 Å². The van der Waals surface area contributed by atoms with Crippen LogP contribution in [0.3, 0.4) is 0 Å². The maximum atomic E-state index is 12.8. The number of hydrazone groups is 1. The van der Waals surface area contributed by atoms with Crippen LogP contribution in [0, 0.1) is 24.0 Å². The number of fused-ring (bicyclic) bond motifs is 1. The lowest BCUT2D eigenvalue weighted by Gasteiger charge is -2.10. The van der Waals surface area contributed by atoms with Crippen LogP contribution in [0.15, 0.2) is 71.2 Å². The Balaban J connectivity index is 1.62. The van der Waals surface area contributed by atoms with Crippen LogP contribution in [0.2, 0.25) is 0 Å². The van der Waals surface area contributed by atoms with Gasteiger partial charge in [0, 0.05) is 30.7 Å². The molecule has 0 fully saturated rings. The number of pyridine rings is 2. The number of nitro benzene ring substituents is 1. The number of hydrogen-bond acceptors (Lipinski definition) is 7. The van der Waals surface area contributed by atoms with Crippen LogP contribution in [-0.2, 0) is 10.0 Å². The summed E-state index contributed by atoms with van der Waals surface area (Å²) in [5.74, 6) is 0. The molecular formula is C21H18N6O4S. The second-order valence-corrected chi connectivity index (χ2v) is 8.68. The third-order valence-corrected chi connectivity index (χ3v) is 6.37. The number of nitro groups is 1. The van der Waals surface area contributed by atoms with Crippen molar-refractivity contribution in [3.05, 3.63) is 88.1 Å². The Kier molecular flexibility index (Phi) is 5.41. The molecule has 0 unspecified atom stereocenters. The number of rotatable bonds is 6. The molecule has 0 aliphatic rings. The van der Waals surface area contributed by atoms with Crippen molar-refractivity contribution >= 4 is 27.6 Å². The molecule has 0 radical (unpaired) electrons. The average molecular weight is 450 g/mol. The van der Waals surface area contributed by atoms with E-state index in [9.17, 15) is 18.5 Å². The first-order chi connectivity index (χ1) is 15.3. The molecule has 0 saturated heterocycles. The summed E-state index contributed by atoms with van der Waals surface area (Å²) in [6, 6.07) is 9.98. The van der Waals surface area contributed by atoms with E-state index >= 15 is 0 Å². The highest BCUT2D eigenvalue weighted by Gasteiger charge is 2.22. The van der Waals surface area contributed by atoms with Gasteiger partial charge in [0.15, 0.2) is 0 Å². The van der Waals surface area contributed by atoms with Gasteiger partial charge in [-0.25, -0.2) is 4.98 Å². The fourth-order valence-corrected chi connectivity index (χ4v) is 4.72. The Morgan fingerprint density at radius 1 is 1.09 bits per heavy atom. The third kappa shape index (κ3) is 4.05. The van der Waals surface area contributed by atoms with E-state index in [0.29, 0.717) is 11.3 Å². The van der Waals surface area contributed by atoms with Crippen molar-refractivity contribution in [2.24, 2.45) is 5.10 Å². The minimum Gasteiger partial charge on any atom is -0.298 e. The van der Waals surface area contributed by atoms with Crippen LogP contribution in [0.4, 0.5) is 5.69 Å². The van der Waals surface area contributed by atoms with Gasteiger partial charge in [0.1, 0.15) is 5.65 Å². The molecule has 11 heteroatoms. The van der Waals surface area contributed by atoms with Crippen LogP contribution in [0.1, 0.15) is 16.8 Å². The number of imidazole rings is 1. The van der Waals surface area contributed by atoms with Gasteiger partial charge < -0.3 is 0 Å². The molecule has 0 atom stereocenters. The smallest absolute Gasteiger partial charge is 0.277 e. The van der Waals surface area contributed by atoms with Crippen LogP contribution >= 0.6 is 0 Å². The van der Waals surface area contributed by atoms with Crippen molar-refractivity contribution in [3.8, 4) is 11.1 Å². The highest BCUT2D eigenvalue weighted by molar-refractivity contribution is 7.89. The molecule has 1 aromatic carbocycles. The Hall–Kier alpha value is -4.12. The first-order valence-corrected chi connectivity index (χ1v) is 10.9. The number of aryl methyl sites for hydroxylation is 2. The second kappa shape index (κ2) is 8.19. The van der Waals surface area contributed by atoms with E-state index < -0.39 is 14.9 Å². The zero-order valence-corrected chi connectivity index (χ0v) is 17.9. The molecule has 32 heavy (non-hydrogen) atoms. The topological polar surface area (TPSA) is 132 Å². The maximum Gasteiger partial charge on any atom is 0.277 e. The van der Waals surface area contributed by atoms with E-state index in [2.05, 4.69) is 19.9 Å². The molecule has 0 spiro atoms. The van der Waals surface area contributed by atoms with Gasteiger partial charge in [0.05, 0.1) is 27.9 Å². The summed E-state index contributed by atoms with van der Waals surface area (Å²) < 4.78 is 27.3. The number of non-ortho nitro benzene ring substituents is 1. The highest BCUT2D eigenvalue weighted by Crippen LogP contribution is 2.25. The fraction of sp³-hybridized carbons (Fsp3) is 0.0952. The van der Waals surface area contributed by atoms with Crippen LogP contribution < -0.4 is 4.83 Å². The molecular weight excluding hydrogens is 432 g/mol. The molecule has 0 bridgehead atoms.